The van der Waals surface area contributed by atoms with Crippen molar-refractivity contribution in [1.82, 2.24) is 15.2 Å². The molecule has 0 aliphatic rings. The molecule has 126 valence electrons. The van der Waals surface area contributed by atoms with E-state index in [0.29, 0.717) is 12.1 Å². The molecule has 1 atom stereocenters. The number of aromatic amines is 1. The van der Waals surface area contributed by atoms with Gasteiger partial charge in [-0.05, 0) is 74.1 Å². The predicted octanol–water partition coefficient (Wildman–Crippen LogP) is 3.88. The molecule has 1 aromatic carbocycles. The lowest BCUT2D eigenvalue weighted by molar-refractivity contribution is 0.0942. The monoisotopic (exact) mass is 341 g/mol. The molecule has 0 fully saturated rings. The van der Waals surface area contributed by atoms with Gasteiger partial charge in [0.1, 0.15) is 0 Å². The molecule has 24 heavy (non-hydrogen) atoms. The number of nitrogens with zero attached hydrogens (tertiary/aromatic N) is 1. The van der Waals surface area contributed by atoms with E-state index in [4.69, 9.17) is 0 Å². The first-order chi connectivity index (χ1) is 11.5. The van der Waals surface area contributed by atoms with E-state index in [2.05, 4.69) is 45.9 Å². The maximum Gasteiger partial charge on any atom is 0.251 e. The predicted molar refractivity (Wildman–Crippen MR) is 101 cm³/mol. The fraction of sp³-hybridized carbons (Fsp3) is 0.316. The van der Waals surface area contributed by atoms with Crippen molar-refractivity contribution in [2.24, 2.45) is 0 Å². The van der Waals surface area contributed by atoms with Gasteiger partial charge in [0.25, 0.3) is 5.91 Å². The van der Waals surface area contributed by atoms with E-state index in [1.165, 1.54) is 11.1 Å². The van der Waals surface area contributed by atoms with E-state index >= 15 is 0 Å². The maximum absolute atomic E-state index is 12.6. The highest BCUT2D eigenvalue weighted by Gasteiger charge is 2.17. The maximum atomic E-state index is 12.6. The fourth-order valence-electron chi connectivity index (χ4n) is 2.96. The van der Waals surface area contributed by atoms with Crippen LogP contribution in [0.2, 0.25) is 0 Å². The Balaban J connectivity index is 1.76. The van der Waals surface area contributed by atoms with Gasteiger partial charge in [0.15, 0.2) is 0 Å². The number of carbonyl (C=O) groups excluding carboxylic acids is 1. The van der Waals surface area contributed by atoms with Crippen LogP contribution in [0.5, 0.6) is 0 Å². The summed E-state index contributed by atoms with van der Waals surface area (Å²) in [4.78, 5) is 18.0. The lowest BCUT2D eigenvalue weighted by Crippen LogP contribution is -2.34. The molecule has 1 amide bonds. The number of benzene rings is 1. The van der Waals surface area contributed by atoms with Crippen molar-refractivity contribution in [2.45, 2.75) is 19.9 Å². The summed E-state index contributed by atoms with van der Waals surface area (Å²) >= 11 is 1.68. The molecule has 3 rings (SSSR count). The molecule has 2 N–H and O–H groups in total. The number of likely N-dealkylation sites (N-methyl/N-ethyl adjacent to an activating group) is 1. The van der Waals surface area contributed by atoms with Crippen LogP contribution in [-0.4, -0.2) is 36.4 Å². The van der Waals surface area contributed by atoms with Crippen LogP contribution in [0.1, 0.15) is 33.2 Å². The average Bonchev–Trinajstić information content (AvgIpc) is 3.16. The van der Waals surface area contributed by atoms with Crippen LogP contribution in [-0.2, 0) is 0 Å². The number of carbonyl (C=O) groups is 1. The van der Waals surface area contributed by atoms with Crippen molar-refractivity contribution in [3.05, 3.63) is 57.4 Å². The molecule has 3 aromatic rings. The summed E-state index contributed by atoms with van der Waals surface area (Å²) in [6, 6.07) is 8.12. The first kappa shape index (κ1) is 16.7. The van der Waals surface area contributed by atoms with Crippen molar-refractivity contribution < 1.29 is 4.79 Å². The second kappa shape index (κ2) is 6.79. The standard InChI is InChI=1S/C19H23N3OS/c1-12-13(2)21-17-6-5-14(9-16(12)17)19(23)20-10-18(22(3)4)15-7-8-24-11-15/h5-9,11,18,21H,10H2,1-4H3,(H,20,23). The Bertz CT molecular complexity index is 849. The Morgan fingerprint density at radius 1 is 1.29 bits per heavy atom. The first-order valence-electron chi connectivity index (χ1n) is 8.03. The van der Waals surface area contributed by atoms with E-state index in [-0.39, 0.29) is 11.9 Å². The number of aryl methyl sites for hydroxylation is 2. The molecule has 0 saturated heterocycles. The average molecular weight is 341 g/mol. The van der Waals surface area contributed by atoms with Crippen LogP contribution in [0.3, 0.4) is 0 Å². The van der Waals surface area contributed by atoms with Gasteiger partial charge in [-0.25, -0.2) is 0 Å². The van der Waals surface area contributed by atoms with E-state index in [0.717, 1.165) is 16.6 Å². The van der Waals surface area contributed by atoms with Gasteiger partial charge >= 0.3 is 0 Å². The summed E-state index contributed by atoms with van der Waals surface area (Å²) in [5.41, 5.74) is 5.35. The molecule has 2 heterocycles. The van der Waals surface area contributed by atoms with Crippen LogP contribution >= 0.6 is 11.3 Å². The highest BCUT2D eigenvalue weighted by Crippen LogP contribution is 2.23. The summed E-state index contributed by atoms with van der Waals surface area (Å²) in [5.74, 6) is -0.0303. The topological polar surface area (TPSA) is 48.1 Å². The lowest BCUT2D eigenvalue weighted by atomic mass is 10.1. The summed E-state index contributed by atoms with van der Waals surface area (Å²) < 4.78 is 0. The number of thiophene rings is 1. The minimum atomic E-state index is -0.0303. The molecule has 0 aliphatic carbocycles. The number of hydrogen-bond donors (Lipinski definition) is 2. The summed E-state index contributed by atoms with van der Waals surface area (Å²) in [6.45, 7) is 4.72. The van der Waals surface area contributed by atoms with E-state index in [1.807, 2.05) is 32.3 Å². The fourth-order valence-corrected chi connectivity index (χ4v) is 3.66. The SMILES string of the molecule is Cc1[nH]c2ccc(C(=O)NCC(c3ccsc3)N(C)C)cc2c1C. The second-order valence-electron chi connectivity index (χ2n) is 6.38. The largest absolute Gasteiger partial charge is 0.358 e. The first-order valence-corrected chi connectivity index (χ1v) is 8.97. The number of aromatic nitrogens is 1. The molecule has 0 aliphatic heterocycles. The van der Waals surface area contributed by atoms with Crippen LogP contribution in [0.4, 0.5) is 0 Å². The van der Waals surface area contributed by atoms with Crippen molar-refractivity contribution in [2.75, 3.05) is 20.6 Å². The number of hydrogen-bond acceptors (Lipinski definition) is 3. The minimum Gasteiger partial charge on any atom is -0.358 e. The van der Waals surface area contributed by atoms with Crippen LogP contribution in [0, 0.1) is 13.8 Å². The quantitative estimate of drug-likeness (QED) is 0.740. The van der Waals surface area contributed by atoms with Gasteiger partial charge in [0, 0.05) is 28.7 Å². The number of rotatable bonds is 5. The minimum absolute atomic E-state index is 0.0303. The molecule has 2 aromatic heterocycles. The Morgan fingerprint density at radius 2 is 2.08 bits per heavy atom. The molecule has 1 unspecified atom stereocenters. The van der Waals surface area contributed by atoms with Crippen molar-refractivity contribution in [1.29, 1.82) is 0 Å². The zero-order chi connectivity index (χ0) is 17.3. The van der Waals surface area contributed by atoms with Gasteiger partial charge in [0.05, 0.1) is 6.04 Å². The Kier molecular flexibility index (Phi) is 4.73. The smallest absolute Gasteiger partial charge is 0.251 e. The van der Waals surface area contributed by atoms with Crippen molar-refractivity contribution >= 4 is 28.1 Å². The van der Waals surface area contributed by atoms with E-state index in [1.54, 1.807) is 11.3 Å². The molecule has 4 nitrogen and oxygen atoms in total. The van der Waals surface area contributed by atoms with Crippen molar-refractivity contribution in [3.63, 3.8) is 0 Å². The molecule has 5 heteroatoms. The van der Waals surface area contributed by atoms with Crippen LogP contribution < -0.4 is 5.32 Å². The van der Waals surface area contributed by atoms with Gasteiger partial charge in [-0.3, -0.25) is 4.79 Å². The zero-order valence-electron chi connectivity index (χ0n) is 14.5. The second-order valence-corrected chi connectivity index (χ2v) is 7.16. The Labute approximate surface area is 146 Å². The van der Waals surface area contributed by atoms with Gasteiger partial charge in [-0.1, -0.05) is 0 Å². The number of fused-ring (bicyclic) bond motifs is 1. The Hall–Kier alpha value is -2.11. The van der Waals surface area contributed by atoms with Crippen LogP contribution in [0.25, 0.3) is 10.9 Å². The Morgan fingerprint density at radius 3 is 2.75 bits per heavy atom. The third-order valence-electron chi connectivity index (χ3n) is 4.58. The van der Waals surface area contributed by atoms with Gasteiger partial charge in [0.2, 0.25) is 0 Å². The lowest BCUT2D eigenvalue weighted by Gasteiger charge is -2.24. The molecule has 0 radical (unpaired) electrons. The third-order valence-corrected chi connectivity index (χ3v) is 5.28. The van der Waals surface area contributed by atoms with E-state index in [9.17, 15) is 4.79 Å². The molecule has 0 spiro atoms. The summed E-state index contributed by atoms with van der Waals surface area (Å²) in [7, 11) is 4.07. The molecular formula is C19H23N3OS. The van der Waals surface area contributed by atoms with Crippen molar-refractivity contribution in [3.8, 4) is 0 Å². The third kappa shape index (κ3) is 3.23. The number of nitrogens with one attached hydrogen (secondary N) is 2. The molecular weight excluding hydrogens is 318 g/mol. The summed E-state index contributed by atoms with van der Waals surface area (Å²) in [6.07, 6.45) is 0. The van der Waals surface area contributed by atoms with E-state index < -0.39 is 0 Å². The normalized spacial score (nSPS) is 12.7. The van der Waals surface area contributed by atoms with Gasteiger partial charge in [-0.2, -0.15) is 11.3 Å². The number of H-pyrrole nitrogens is 1. The van der Waals surface area contributed by atoms with Gasteiger partial charge < -0.3 is 15.2 Å². The number of amides is 1. The zero-order valence-corrected chi connectivity index (χ0v) is 15.3. The summed E-state index contributed by atoms with van der Waals surface area (Å²) in [5, 5.41) is 8.39. The highest BCUT2D eigenvalue weighted by atomic mass is 32.1. The highest BCUT2D eigenvalue weighted by molar-refractivity contribution is 7.07. The molecule has 0 bridgehead atoms. The molecule has 0 saturated carbocycles. The van der Waals surface area contributed by atoms with Gasteiger partial charge in [-0.15, -0.1) is 0 Å². The van der Waals surface area contributed by atoms with Crippen LogP contribution in [0.15, 0.2) is 35.0 Å².